The van der Waals surface area contributed by atoms with E-state index in [0.717, 1.165) is 17.0 Å². The van der Waals surface area contributed by atoms with Gasteiger partial charge in [0, 0.05) is 17.4 Å². The van der Waals surface area contributed by atoms with Gasteiger partial charge in [0.1, 0.15) is 11.3 Å². The van der Waals surface area contributed by atoms with Gasteiger partial charge in [-0.25, -0.2) is 0 Å². The van der Waals surface area contributed by atoms with Crippen molar-refractivity contribution < 1.29 is 14.3 Å². The van der Waals surface area contributed by atoms with Crippen molar-refractivity contribution in [2.24, 2.45) is 0 Å². The molecule has 1 saturated carbocycles. The van der Waals surface area contributed by atoms with Gasteiger partial charge in [0.25, 0.3) is 11.8 Å². The Kier molecular flexibility index (Phi) is 5.96. The zero-order valence-corrected chi connectivity index (χ0v) is 18.9. The van der Waals surface area contributed by atoms with Crippen LogP contribution in [0.1, 0.15) is 55.6 Å². The fourth-order valence-electron chi connectivity index (χ4n) is 4.58. The predicted octanol–water partition coefficient (Wildman–Crippen LogP) is 4.45. The smallest absolute Gasteiger partial charge is 0.270 e. The van der Waals surface area contributed by atoms with Gasteiger partial charge >= 0.3 is 0 Å². The van der Waals surface area contributed by atoms with Gasteiger partial charge in [0.05, 0.1) is 12.3 Å². The first-order valence-electron chi connectivity index (χ1n) is 10.7. The third-order valence-electron chi connectivity index (χ3n) is 6.02. The molecule has 0 radical (unpaired) electrons. The number of nitrogens with one attached hydrogen (secondary N) is 1. The van der Waals surface area contributed by atoms with Crippen molar-refractivity contribution in [2.45, 2.75) is 52.5 Å². The standard InChI is InChI=1S/C24H27N3O3S/c1-4-30-20-11-9-19(10-12-20)27-23(29)21(22(28)25-24(27)31)14-17-13-15(2)26(16(17)3)18-7-5-6-8-18/h9-14,18H,4-8H2,1-3H3,(H,25,28,31)/b21-14+. The molecule has 1 aromatic heterocycles. The Morgan fingerprint density at radius 2 is 1.84 bits per heavy atom. The first-order chi connectivity index (χ1) is 14.9. The molecule has 1 aromatic carbocycles. The molecule has 2 fully saturated rings. The Morgan fingerprint density at radius 3 is 2.48 bits per heavy atom. The summed E-state index contributed by atoms with van der Waals surface area (Å²) >= 11 is 5.30. The second-order valence-electron chi connectivity index (χ2n) is 8.02. The van der Waals surface area contributed by atoms with Gasteiger partial charge in [0.15, 0.2) is 5.11 Å². The van der Waals surface area contributed by atoms with E-state index in [9.17, 15) is 9.59 Å². The highest BCUT2D eigenvalue weighted by Crippen LogP contribution is 2.34. The van der Waals surface area contributed by atoms with Crippen molar-refractivity contribution in [1.29, 1.82) is 0 Å². The van der Waals surface area contributed by atoms with Crippen LogP contribution in [-0.2, 0) is 9.59 Å². The maximum atomic E-state index is 13.3. The van der Waals surface area contributed by atoms with Crippen LogP contribution < -0.4 is 15.0 Å². The fourth-order valence-corrected chi connectivity index (χ4v) is 4.86. The molecule has 1 aliphatic carbocycles. The Balaban J connectivity index is 1.67. The first-order valence-corrected chi connectivity index (χ1v) is 11.1. The molecule has 2 amide bonds. The van der Waals surface area contributed by atoms with Gasteiger partial charge in [-0.05, 0) is 87.8 Å². The molecule has 1 N–H and O–H groups in total. The summed E-state index contributed by atoms with van der Waals surface area (Å²) in [5.74, 6) is -0.188. The van der Waals surface area contributed by atoms with E-state index in [0.29, 0.717) is 24.1 Å². The van der Waals surface area contributed by atoms with Gasteiger partial charge in [-0.15, -0.1) is 0 Å². The van der Waals surface area contributed by atoms with E-state index in [1.165, 1.54) is 30.6 Å². The molecule has 0 spiro atoms. The topological polar surface area (TPSA) is 63.6 Å². The normalized spacial score (nSPS) is 18.7. The van der Waals surface area contributed by atoms with Crippen molar-refractivity contribution in [3.05, 3.63) is 52.9 Å². The number of thiocarbonyl (C=S) groups is 1. The molecule has 31 heavy (non-hydrogen) atoms. The predicted molar refractivity (Wildman–Crippen MR) is 125 cm³/mol. The van der Waals surface area contributed by atoms with E-state index in [1.807, 2.05) is 6.92 Å². The molecule has 0 atom stereocenters. The monoisotopic (exact) mass is 437 g/mol. The van der Waals surface area contributed by atoms with Gasteiger partial charge in [-0.2, -0.15) is 0 Å². The van der Waals surface area contributed by atoms with Crippen molar-refractivity contribution in [1.82, 2.24) is 9.88 Å². The number of hydrogen-bond donors (Lipinski definition) is 1. The number of carbonyl (C=O) groups is 2. The van der Waals surface area contributed by atoms with Crippen LogP contribution in [0.15, 0.2) is 35.9 Å². The largest absolute Gasteiger partial charge is 0.494 e. The Bertz CT molecular complexity index is 1060. The molecule has 2 aromatic rings. The molecular formula is C24H27N3O3S. The summed E-state index contributed by atoms with van der Waals surface area (Å²) in [7, 11) is 0. The third-order valence-corrected chi connectivity index (χ3v) is 6.31. The summed E-state index contributed by atoms with van der Waals surface area (Å²) in [6, 6.07) is 9.63. The molecule has 2 heterocycles. The molecule has 7 heteroatoms. The minimum absolute atomic E-state index is 0.0766. The van der Waals surface area contributed by atoms with Crippen LogP contribution >= 0.6 is 12.2 Å². The van der Waals surface area contributed by atoms with Crippen LogP contribution in [-0.4, -0.2) is 28.1 Å². The number of carbonyl (C=O) groups excluding carboxylic acids is 2. The van der Waals surface area contributed by atoms with Gasteiger partial charge in [-0.3, -0.25) is 19.8 Å². The maximum absolute atomic E-state index is 13.3. The van der Waals surface area contributed by atoms with Crippen LogP contribution in [0.5, 0.6) is 5.75 Å². The number of rotatable bonds is 5. The van der Waals surface area contributed by atoms with Crippen LogP contribution in [0, 0.1) is 13.8 Å². The molecule has 0 bridgehead atoms. The third kappa shape index (κ3) is 4.02. The first kappa shape index (κ1) is 21.3. The molecule has 1 saturated heterocycles. The van der Waals surface area contributed by atoms with E-state index >= 15 is 0 Å². The summed E-state index contributed by atoms with van der Waals surface area (Å²) in [6.45, 7) is 6.60. The summed E-state index contributed by atoms with van der Waals surface area (Å²) < 4.78 is 7.81. The number of nitrogens with zero attached hydrogens (tertiary/aromatic N) is 2. The molecule has 4 rings (SSSR count). The van der Waals surface area contributed by atoms with Crippen LogP contribution in [0.4, 0.5) is 5.69 Å². The Labute approximate surface area is 187 Å². The van der Waals surface area contributed by atoms with E-state index in [4.69, 9.17) is 17.0 Å². The van der Waals surface area contributed by atoms with E-state index < -0.39 is 11.8 Å². The zero-order valence-electron chi connectivity index (χ0n) is 18.1. The molecule has 2 aliphatic rings. The highest BCUT2D eigenvalue weighted by Gasteiger charge is 2.35. The second kappa shape index (κ2) is 8.67. The summed E-state index contributed by atoms with van der Waals surface area (Å²) in [5, 5.41) is 2.73. The summed E-state index contributed by atoms with van der Waals surface area (Å²) in [5.41, 5.74) is 3.79. The lowest BCUT2D eigenvalue weighted by atomic mass is 10.1. The highest BCUT2D eigenvalue weighted by atomic mass is 32.1. The van der Waals surface area contributed by atoms with Crippen molar-refractivity contribution in [2.75, 3.05) is 11.5 Å². The van der Waals surface area contributed by atoms with Crippen LogP contribution in [0.25, 0.3) is 6.08 Å². The molecule has 0 unspecified atom stereocenters. The number of aryl methyl sites for hydroxylation is 1. The van der Waals surface area contributed by atoms with Crippen molar-refractivity contribution in [3.63, 3.8) is 0 Å². The lowest BCUT2D eigenvalue weighted by Crippen LogP contribution is -2.54. The average Bonchev–Trinajstić information content (AvgIpc) is 3.34. The van der Waals surface area contributed by atoms with Crippen molar-refractivity contribution in [3.8, 4) is 5.75 Å². The molecule has 6 nitrogen and oxygen atoms in total. The van der Waals surface area contributed by atoms with Crippen LogP contribution in [0.2, 0.25) is 0 Å². The Hall–Kier alpha value is -2.93. The fraction of sp³-hybridized carbons (Fsp3) is 0.375. The van der Waals surface area contributed by atoms with Crippen LogP contribution in [0.3, 0.4) is 0 Å². The minimum Gasteiger partial charge on any atom is -0.494 e. The second-order valence-corrected chi connectivity index (χ2v) is 8.41. The minimum atomic E-state index is -0.470. The SMILES string of the molecule is CCOc1ccc(N2C(=O)/C(=C/c3cc(C)n(C4CCCC4)c3C)C(=O)NC2=S)cc1. The number of hydrogen-bond acceptors (Lipinski definition) is 4. The van der Waals surface area contributed by atoms with E-state index in [1.54, 1.807) is 30.3 Å². The van der Waals surface area contributed by atoms with Gasteiger partial charge in [-0.1, -0.05) is 12.8 Å². The number of ether oxygens (including phenoxy) is 1. The molecule has 162 valence electrons. The molecular weight excluding hydrogens is 410 g/mol. The quantitative estimate of drug-likeness (QED) is 0.426. The van der Waals surface area contributed by atoms with Gasteiger partial charge in [0.2, 0.25) is 0 Å². The number of benzene rings is 1. The van der Waals surface area contributed by atoms with E-state index in [-0.39, 0.29) is 10.7 Å². The number of aromatic nitrogens is 1. The Morgan fingerprint density at radius 1 is 1.16 bits per heavy atom. The summed E-state index contributed by atoms with van der Waals surface area (Å²) in [4.78, 5) is 27.3. The average molecular weight is 438 g/mol. The number of amides is 2. The molecule has 1 aliphatic heterocycles. The maximum Gasteiger partial charge on any atom is 0.270 e. The lowest BCUT2D eigenvalue weighted by Gasteiger charge is -2.29. The lowest BCUT2D eigenvalue weighted by molar-refractivity contribution is -0.122. The van der Waals surface area contributed by atoms with E-state index in [2.05, 4.69) is 29.8 Å². The number of anilines is 1. The highest BCUT2D eigenvalue weighted by molar-refractivity contribution is 7.80. The summed E-state index contributed by atoms with van der Waals surface area (Å²) in [6.07, 6.45) is 6.52. The zero-order chi connectivity index (χ0) is 22.1. The van der Waals surface area contributed by atoms with Gasteiger partial charge < -0.3 is 9.30 Å². The van der Waals surface area contributed by atoms with Crippen molar-refractivity contribution >= 4 is 40.9 Å².